The molecule has 3 aromatic rings. The monoisotopic (exact) mass is 495 g/mol. The predicted octanol–water partition coefficient (Wildman–Crippen LogP) is 7.05. The molecule has 2 heterocycles. The Kier molecular flexibility index (Phi) is 8.01. The van der Waals surface area contributed by atoms with Crippen LogP contribution < -0.4 is 4.74 Å². The van der Waals surface area contributed by atoms with Gasteiger partial charge < -0.3 is 14.7 Å². The van der Waals surface area contributed by atoms with Gasteiger partial charge in [0.05, 0.1) is 12.6 Å². The lowest BCUT2D eigenvalue weighted by Crippen LogP contribution is -2.30. The fourth-order valence-electron chi connectivity index (χ4n) is 4.68. The van der Waals surface area contributed by atoms with Crippen molar-refractivity contribution in [2.75, 3.05) is 13.2 Å². The van der Waals surface area contributed by atoms with Crippen molar-refractivity contribution in [3.8, 4) is 22.8 Å². The maximum Gasteiger partial charge on any atom is 0.273 e. The third kappa shape index (κ3) is 5.18. The van der Waals surface area contributed by atoms with Gasteiger partial charge in [-0.05, 0) is 55.2 Å². The molecule has 6 nitrogen and oxygen atoms in total. The molecule has 186 valence electrons. The van der Waals surface area contributed by atoms with Gasteiger partial charge in [-0.2, -0.15) is 5.10 Å². The van der Waals surface area contributed by atoms with Crippen molar-refractivity contribution in [3.05, 3.63) is 63.8 Å². The molecule has 0 spiro atoms. The molecular formula is C28H34ClN3O3. The zero-order valence-corrected chi connectivity index (χ0v) is 21.5. The molecule has 1 aliphatic heterocycles. The summed E-state index contributed by atoms with van der Waals surface area (Å²) >= 11 is 6.40. The number of hydrogen-bond acceptors (Lipinski definition) is 4. The van der Waals surface area contributed by atoms with Gasteiger partial charge >= 0.3 is 0 Å². The summed E-state index contributed by atoms with van der Waals surface area (Å²) in [6.07, 6.45) is 6.32. The van der Waals surface area contributed by atoms with Gasteiger partial charge in [0.15, 0.2) is 0 Å². The Hall–Kier alpha value is -2.99. The molecule has 1 atom stereocenters. The van der Waals surface area contributed by atoms with Crippen LogP contribution in [0.15, 0.2) is 36.4 Å². The molecule has 35 heavy (non-hydrogen) atoms. The first-order valence-corrected chi connectivity index (χ1v) is 13.0. The van der Waals surface area contributed by atoms with Gasteiger partial charge in [0, 0.05) is 22.7 Å². The van der Waals surface area contributed by atoms with Crippen LogP contribution in [0.2, 0.25) is 5.02 Å². The number of halogens is 1. The van der Waals surface area contributed by atoms with Gasteiger partial charge in [-0.25, -0.2) is 0 Å². The number of carbonyl (C=O) groups excluding carboxylic acids is 1. The number of phenolic OH excluding ortho intramolecular Hbond substituents is 1. The van der Waals surface area contributed by atoms with Crippen LogP contribution in [-0.2, 0) is 0 Å². The number of aryl methyl sites for hydroxylation is 1. The third-order valence-corrected chi connectivity index (χ3v) is 7.00. The average molecular weight is 496 g/mol. The fourth-order valence-corrected chi connectivity index (χ4v) is 4.85. The number of rotatable bonds is 11. The number of carbonyl (C=O) groups is 1. The van der Waals surface area contributed by atoms with E-state index in [0.29, 0.717) is 35.1 Å². The number of H-pyrrole nitrogens is 1. The Bertz CT molecular complexity index is 1190. The number of fused-ring (bicyclic) bond motifs is 1. The SMILES string of the molecule is CCCCCOc1cccc(C2c3c(-c4cc(Cl)c(C)cc4O)n[nH]c3C(=O)N2CCCCC)c1. The summed E-state index contributed by atoms with van der Waals surface area (Å²) in [5.74, 6) is 0.802. The summed E-state index contributed by atoms with van der Waals surface area (Å²) in [7, 11) is 0. The number of hydrogen-bond donors (Lipinski definition) is 2. The lowest BCUT2D eigenvalue weighted by Gasteiger charge is -2.27. The van der Waals surface area contributed by atoms with Crippen LogP contribution in [0, 0.1) is 6.92 Å². The molecule has 1 aromatic heterocycles. The number of aromatic nitrogens is 2. The van der Waals surface area contributed by atoms with Gasteiger partial charge in [0.1, 0.15) is 22.9 Å². The maximum absolute atomic E-state index is 13.5. The molecule has 2 N–H and O–H groups in total. The minimum absolute atomic E-state index is 0.0770. The molecule has 1 amide bonds. The van der Waals surface area contributed by atoms with E-state index in [0.717, 1.165) is 61.0 Å². The molecular weight excluding hydrogens is 462 g/mol. The molecule has 0 bridgehead atoms. The Balaban J connectivity index is 1.76. The Labute approximate surface area is 212 Å². The second-order valence-electron chi connectivity index (χ2n) is 9.22. The molecule has 0 saturated carbocycles. The van der Waals surface area contributed by atoms with Crippen LogP contribution >= 0.6 is 11.6 Å². The summed E-state index contributed by atoms with van der Waals surface area (Å²) in [5.41, 5.74) is 4.03. The van der Waals surface area contributed by atoms with E-state index < -0.39 is 0 Å². The number of nitrogens with one attached hydrogen (secondary N) is 1. The molecule has 0 saturated heterocycles. The standard InChI is InChI=1S/C28H34ClN3O3/c1-4-6-8-13-32-27(19-11-10-12-20(16-19)35-14-9-7-5-2)24-25(30-31-26(24)28(32)34)21-17-22(29)18(3)15-23(21)33/h10-12,15-17,27,33H,4-9,13-14H2,1-3H3,(H,30,31). The van der Waals surface area contributed by atoms with E-state index in [1.165, 1.54) is 0 Å². The summed E-state index contributed by atoms with van der Waals surface area (Å²) in [4.78, 5) is 15.4. The predicted molar refractivity (Wildman–Crippen MR) is 139 cm³/mol. The second-order valence-corrected chi connectivity index (χ2v) is 9.62. The molecule has 7 heteroatoms. The summed E-state index contributed by atoms with van der Waals surface area (Å²) in [6, 6.07) is 11.0. The first-order valence-electron chi connectivity index (χ1n) is 12.6. The minimum Gasteiger partial charge on any atom is -0.507 e. The van der Waals surface area contributed by atoms with Crippen molar-refractivity contribution < 1.29 is 14.6 Å². The van der Waals surface area contributed by atoms with Crippen LogP contribution in [0.3, 0.4) is 0 Å². The van der Waals surface area contributed by atoms with Crippen LogP contribution in [-0.4, -0.2) is 39.3 Å². The lowest BCUT2D eigenvalue weighted by atomic mass is 9.95. The number of ether oxygens (including phenoxy) is 1. The van der Waals surface area contributed by atoms with Crippen molar-refractivity contribution in [2.24, 2.45) is 0 Å². The average Bonchev–Trinajstić information content (AvgIpc) is 3.38. The zero-order valence-electron chi connectivity index (χ0n) is 20.7. The quantitative estimate of drug-likeness (QED) is 0.279. The molecule has 0 fully saturated rings. The van der Waals surface area contributed by atoms with Crippen molar-refractivity contribution >= 4 is 17.5 Å². The van der Waals surface area contributed by atoms with E-state index in [1.807, 2.05) is 36.1 Å². The molecule has 4 rings (SSSR count). The molecule has 1 aliphatic rings. The summed E-state index contributed by atoms with van der Waals surface area (Å²) in [6.45, 7) is 7.47. The maximum atomic E-state index is 13.5. The van der Waals surface area contributed by atoms with Crippen molar-refractivity contribution in [1.29, 1.82) is 0 Å². The van der Waals surface area contributed by atoms with Gasteiger partial charge in [-0.3, -0.25) is 9.89 Å². The number of benzene rings is 2. The van der Waals surface area contributed by atoms with Crippen LogP contribution in [0.1, 0.15) is 85.6 Å². The number of aromatic hydroxyl groups is 1. The Morgan fingerprint density at radius 2 is 1.89 bits per heavy atom. The number of unbranched alkanes of at least 4 members (excludes halogenated alkanes) is 4. The largest absolute Gasteiger partial charge is 0.507 e. The fraction of sp³-hybridized carbons (Fsp3) is 0.429. The highest BCUT2D eigenvalue weighted by atomic mass is 35.5. The van der Waals surface area contributed by atoms with E-state index in [1.54, 1.807) is 12.1 Å². The van der Waals surface area contributed by atoms with Crippen LogP contribution in [0.5, 0.6) is 11.5 Å². The van der Waals surface area contributed by atoms with Gasteiger partial charge in [-0.15, -0.1) is 0 Å². The Morgan fingerprint density at radius 1 is 1.11 bits per heavy atom. The molecule has 2 aromatic carbocycles. The number of aromatic amines is 1. The van der Waals surface area contributed by atoms with Gasteiger partial charge in [0.25, 0.3) is 5.91 Å². The summed E-state index contributed by atoms with van der Waals surface area (Å²) < 4.78 is 6.02. The van der Waals surface area contributed by atoms with Crippen LogP contribution in [0.4, 0.5) is 0 Å². The molecule has 1 unspecified atom stereocenters. The zero-order chi connectivity index (χ0) is 24.9. The highest BCUT2D eigenvalue weighted by Crippen LogP contribution is 2.45. The van der Waals surface area contributed by atoms with E-state index >= 15 is 0 Å². The lowest BCUT2D eigenvalue weighted by molar-refractivity contribution is 0.0740. The number of nitrogens with zero attached hydrogens (tertiary/aromatic N) is 2. The smallest absolute Gasteiger partial charge is 0.273 e. The van der Waals surface area contributed by atoms with Crippen molar-refractivity contribution in [2.45, 2.75) is 65.3 Å². The number of phenols is 1. The number of amides is 1. The van der Waals surface area contributed by atoms with E-state index in [4.69, 9.17) is 16.3 Å². The molecule has 0 aliphatic carbocycles. The van der Waals surface area contributed by atoms with Crippen molar-refractivity contribution in [3.63, 3.8) is 0 Å². The van der Waals surface area contributed by atoms with Gasteiger partial charge in [-0.1, -0.05) is 63.3 Å². The Morgan fingerprint density at radius 3 is 2.66 bits per heavy atom. The van der Waals surface area contributed by atoms with E-state index in [2.05, 4.69) is 24.0 Å². The minimum atomic E-state index is -0.332. The van der Waals surface area contributed by atoms with E-state index in [-0.39, 0.29) is 17.7 Å². The first kappa shape index (κ1) is 25.1. The highest BCUT2D eigenvalue weighted by Gasteiger charge is 2.42. The highest BCUT2D eigenvalue weighted by molar-refractivity contribution is 6.31. The normalized spacial score (nSPS) is 15.0. The first-order chi connectivity index (χ1) is 17.0. The van der Waals surface area contributed by atoms with Gasteiger partial charge in [0.2, 0.25) is 0 Å². The van der Waals surface area contributed by atoms with E-state index in [9.17, 15) is 9.90 Å². The third-order valence-electron chi connectivity index (χ3n) is 6.59. The summed E-state index contributed by atoms with van der Waals surface area (Å²) in [5, 5.41) is 18.7. The second kappa shape index (κ2) is 11.2. The van der Waals surface area contributed by atoms with Crippen molar-refractivity contribution in [1.82, 2.24) is 15.1 Å². The van der Waals surface area contributed by atoms with Crippen LogP contribution in [0.25, 0.3) is 11.3 Å². The molecule has 0 radical (unpaired) electrons. The topological polar surface area (TPSA) is 78.5 Å².